The van der Waals surface area contributed by atoms with Gasteiger partial charge in [-0.25, -0.2) is 13.1 Å². The van der Waals surface area contributed by atoms with E-state index in [2.05, 4.69) is 55.1 Å². The van der Waals surface area contributed by atoms with E-state index in [9.17, 15) is 13.2 Å². The van der Waals surface area contributed by atoms with Crippen molar-refractivity contribution in [3.63, 3.8) is 0 Å². The molecule has 29 heavy (non-hydrogen) atoms. The lowest BCUT2D eigenvalue weighted by molar-refractivity contribution is 0.0925. The van der Waals surface area contributed by atoms with Gasteiger partial charge in [0.05, 0.1) is 10.9 Å². The quantitative estimate of drug-likeness (QED) is 0.634. The lowest BCUT2D eigenvalue weighted by Crippen LogP contribution is -2.32. The number of hydrogen-bond acceptors (Lipinski definition) is 3. The summed E-state index contributed by atoms with van der Waals surface area (Å²) in [6.45, 7) is 9.82. The fourth-order valence-corrected chi connectivity index (χ4v) is 4.45. The van der Waals surface area contributed by atoms with Crippen molar-refractivity contribution in [3.8, 4) is 0 Å². The van der Waals surface area contributed by atoms with Gasteiger partial charge >= 0.3 is 0 Å². The molecule has 0 aliphatic carbocycles. The van der Waals surface area contributed by atoms with Crippen molar-refractivity contribution in [2.45, 2.75) is 64.4 Å². The van der Waals surface area contributed by atoms with Gasteiger partial charge in [-0.3, -0.25) is 4.79 Å². The standard InChI is InChI=1S/C23H32N2O3S/c1-6-7-18-8-10-19(11-9-18)22(16(2)3)24-23(26)20-12-14-21(15-13-20)29(27,28)25-17(4)5/h8-17,22,25H,6-7H2,1-5H3,(H,24,26). The van der Waals surface area contributed by atoms with Crippen LogP contribution in [-0.4, -0.2) is 20.4 Å². The smallest absolute Gasteiger partial charge is 0.251 e. The first kappa shape index (κ1) is 23.1. The summed E-state index contributed by atoms with van der Waals surface area (Å²) in [5.41, 5.74) is 2.78. The molecule has 1 amide bonds. The molecule has 0 aliphatic heterocycles. The second kappa shape index (κ2) is 10.0. The van der Waals surface area contributed by atoms with Gasteiger partial charge in [0.2, 0.25) is 10.0 Å². The van der Waals surface area contributed by atoms with E-state index in [1.807, 2.05) is 0 Å². The van der Waals surface area contributed by atoms with E-state index in [0.29, 0.717) is 5.56 Å². The molecule has 0 radical (unpaired) electrons. The van der Waals surface area contributed by atoms with Crippen molar-refractivity contribution in [2.24, 2.45) is 5.92 Å². The Balaban J connectivity index is 2.16. The van der Waals surface area contributed by atoms with Gasteiger partial charge in [0.1, 0.15) is 0 Å². The highest BCUT2D eigenvalue weighted by atomic mass is 32.2. The van der Waals surface area contributed by atoms with Crippen LogP contribution in [0.5, 0.6) is 0 Å². The van der Waals surface area contributed by atoms with Gasteiger partial charge in [-0.1, -0.05) is 51.5 Å². The third-order valence-electron chi connectivity index (χ3n) is 4.65. The van der Waals surface area contributed by atoms with E-state index in [1.165, 1.54) is 17.7 Å². The molecule has 0 heterocycles. The van der Waals surface area contributed by atoms with Crippen LogP contribution in [-0.2, 0) is 16.4 Å². The molecule has 2 rings (SSSR count). The van der Waals surface area contributed by atoms with Crippen molar-refractivity contribution in [1.29, 1.82) is 0 Å². The van der Waals surface area contributed by atoms with E-state index in [1.54, 1.807) is 26.0 Å². The summed E-state index contributed by atoms with van der Waals surface area (Å²) in [5, 5.41) is 3.09. The highest BCUT2D eigenvalue weighted by Crippen LogP contribution is 2.23. The summed E-state index contributed by atoms with van der Waals surface area (Å²) in [7, 11) is -3.57. The van der Waals surface area contributed by atoms with Crippen molar-refractivity contribution in [1.82, 2.24) is 10.0 Å². The summed E-state index contributed by atoms with van der Waals surface area (Å²) in [6.07, 6.45) is 2.14. The highest BCUT2D eigenvalue weighted by molar-refractivity contribution is 7.89. The molecule has 2 aromatic carbocycles. The van der Waals surface area contributed by atoms with Crippen molar-refractivity contribution in [2.75, 3.05) is 0 Å². The largest absolute Gasteiger partial charge is 0.345 e. The maximum Gasteiger partial charge on any atom is 0.251 e. The van der Waals surface area contributed by atoms with Crippen LogP contribution in [0.3, 0.4) is 0 Å². The van der Waals surface area contributed by atoms with Gasteiger partial charge in [-0.05, 0) is 61.6 Å². The predicted octanol–water partition coefficient (Wildman–Crippen LogP) is 4.45. The van der Waals surface area contributed by atoms with E-state index < -0.39 is 10.0 Å². The molecule has 0 spiro atoms. The molecule has 2 aromatic rings. The average Bonchev–Trinajstić information content (AvgIpc) is 2.66. The van der Waals surface area contributed by atoms with Crippen LogP contribution in [0.25, 0.3) is 0 Å². The molecule has 0 saturated carbocycles. The van der Waals surface area contributed by atoms with Crippen LogP contribution in [0.1, 0.15) is 68.6 Å². The fraction of sp³-hybridized carbons (Fsp3) is 0.435. The SMILES string of the molecule is CCCc1ccc(C(NC(=O)c2ccc(S(=O)(=O)NC(C)C)cc2)C(C)C)cc1. The van der Waals surface area contributed by atoms with Gasteiger partial charge in [-0.2, -0.15) is 0 Å². The molecule has 6 heteroatoms. The zero-order valence-corrected chi connectivity index (χ0v) is 18.7. The molecule has 1 atom stereocenters. The number of hydrogen-bond donors (Lipinski definition) is 2. The molecule has 0 saturated heterocycles. The zero-order valence-electron chi connectivity index (χ0n) is 17.9. The predicted molar refractivity (Wildman–Crippen MR) is 117 cm³/mol. The summed E-state index contributed by atoms with van der Waals surface area (Å²) in [6, 6.07) is 14.1. The van der Waals surface area contributed by atoms with Gasteiger partial charge in [0.15, 0.2) is 0 Å². The normalized spacial score (nSPS) is 12.9. The van der Waals surface area contributed by atoms with Gasteiger partial charge < -0.3 is 5.32 Å². The maximum absolute atomic E-state index is 12.8. The van der Waals surface area contributed by atoms with Crippen LogP contribution in [0, 0.1) is 5.92 Å². The summed E-state index contributed by atoms with van der Waals surface area (Å²) in [4.78, 5) is 12.9. The van der Waals surface area contributed by atoms with Crippen LogP contribution in [0.4, 0.5) is 0 Å². The first-order chi connectivity index (χ1) is 13.6. The number of sulfonamides is 1. The van der Waals surface area contributed by atoms with Crippen molar-refractivity contribution in [3.05, 3.63) is 65.2 Å². The topological polar surface area (TPSA) is 75.3 Å². The fourth-order valence-electron chi connectivity index (χ4n) is 3.20. The molecule has 0 bridgehead atoms. The Labute approximate surface area is 175 Å². The van der Waals surface area contributed by atoms with Crippen molar-refractivity contribution >= 4 is 15.9 Å². The first-order valence-electron chi connectivity index (χ1n) is 10.2. The molecular formula is C23H32N2O3S. The van der Waals surface area contributed by atoms with E-state index in [-0.39, 0.29) is 28.8 Å². The number of nitrogens with one attached hydrogen (secondary N) is 2. The van der Waals surface area contributed by atoms with Crippen molar-refractivity contribution < 1.29 is 13.2 Å². The van der Waals surface area contributed by atoms with Crippen LogP contribution >= 0.6 is 0 Å². The number of amides is 1. The minimum Gasteiger partial charge on any atom is -0.345 e. The second-order valence-corrected chi connectivity index (χ2v) is 9.70. The Morgan fingerprint density at radius 1 is 0.931 bits per heavy atom. The highest BCUT2D eigenvalue weighted by Gasteiger charge is 2.20. The average molecular weight is 417 g/mol. The number of rotatable bonds is 9. The molecule has 0 fully saturated rings. The molecular weight excluding hydrogens is 384 g/mol. The Bertz CT molecular complexity index is 902. The first-order valence-corrected chi connectivity index (χ1v) is 11.6. The minimum absolute atomic E-state index is 0.121. The lowest BCUT2D eigenvalue weighted by atomic mass is 9.94. The second-order valence-electron chi connectivity index (χ2n) is 7.99. The third-order valence-corrected chi connectivity index (χ3v) is 6.32. The third kappa shape index (κ3) is 6.41. The Morgan fingerprint density at radius 3 is 2.00 bits per heavy atom. The van der Waals surface area contributed by atoms with Gasteiger partial charge in [-0.15, -0.1) is 0 Å². The number of benzene rings is 2. The summed E-state index contributed by atoms with van der Waals surface area (Å²) < 4.78 is 27.0. The molecule has 0 aromatic heterocycles. The van der Waals surface area contributed by atoms with Gasteiger partial charge in [0, 0.05) is 11.6 Å². The van der Waals surface area contributed by atoms with Crippen LogP contribution in [0.15, 0.2) is 53.4 Å². The molecule has 0 aliphatic rings. The number of carbonyl (C=O) groups is 1. The molecule has 158 valence electrons. The molecule has 1 unspecified atom stereocenters. The Hall–Kier alpha value is -2.18. The Kier molecular flexibility index (Phi) is 7.99. The van der Waals surface area contributed by atoms with E-state index >= 15 is 0 Å². The van der Waals surface area contributed by atoms with E-state index in [0.717, 1.165) is 18.4 Å². The number of carbonyl (C=O) groups excluding carboxylic acids is 1. The van der Waals surface area contributed by atoms with Crippen LogP contribution in [0.2, 0.25) is 0 Å². The monoisotopic (exact) mass is 416 g/mol. The molecule has 2 N–H and O–H groups in total. The molecule has 5 nitrogen and oxygen atoms in total. The number of aryl methyl sites for hydroxylation is 1. The summed E-state index contributed by atoms with van der Waals surface area (Å²) in [5.74, 6) is -0.00651. The van der Waals surface area contributed by atoms with Gasteiger partial charge in [0.25, 0.3) is 5.91 Å². The van der Waals surface area contributed by atoms with E-state index in [4.69, 9.17) is 0 Å². The van der Waals surface area contributed by atoms with Crippen LogP contribution < -0.4 is 10.0 Å². The minimum atomic E-state index is -3.57. The maximum atomic E-state index is 12.8. The summed E-state index contributed by atoms with van der Waals surface area (Å²) >= 11 is 0. The Morgan fingerprint density at radius 2 is 1.52 bits per heavy atom. The zero-order chi connectivity index (χ0) is 21.6. The lowest BCUT2D eigenvalue weighted by Gasteiger charge is -2.23.